The summed E-state index contributed by atoms with van der Waals surface area (Å²) in [7, 11) is 0. The van der Waals surface area contributed by atoms with Gasteiger partial charge in [0.1, 0.15) is 6.04 Å². The molecule has 0 aliphatic carbocycles. The number of rotatable bonds is 2. The van der Waals surface area contributed by atoms with Crippen molar-refractivity contribution in [2.45, 2.75) is 6.04 Å². The Morgan fingerprint density at radius 2 is 2.07 bits per heavy atom. The van der Waals surface area contributed by atoms with Gasteiger partial charge in [-0.1, -0.05) is 18.2 Å². The second kappa shape index (κ2) is 3.67. The lowest BCUT2D eigenvalue weighted by Gasteiger charge is -2.10. The van der Waals surface area contributed by atoms with Gasteiger partial charge in [0.05, 0.1) is 5.52 Å². The van der Waals surface area contributed by atoms with Crippen molar-refractivity contribution in [2.75, 3.05) is 0 Å². The van der Waals surface area contributed by atoms with Crippen LogP contribution in [0.1, 0.15) is 11.6 Å². The van der Waals surface area contributed by atoms with E-state index in [2.05, 4.69) is 4.98 Å². The summed E-state index contributed by atoms with van der Waals surface area (Å²) in [5.41, 5.74) is 12.4. The van der Waals surface area contributed by atoms with Gasteiger partial charge in [-0.2, -0.15) is 0 Å². The Kier molecular flexibility index (Phi) is 2.35. The molecule has 0 saturated heterocycles. The number of pyridine rings is 1. The number of fused-ring (bicyclic) bond motifs is 1. The maximum Gasteiger partial charge on any atom is 0.238 e. The third-order valence-corrected chi connectivity index (χ3v) is 2.32. The van der Waals surface area contributed by atoms with Crippen LogP contribution in [0.2, 0.25) is 0 Å². The molecule has 1 amide bonds. The fraction of sp³-hybridized carbons (Fsp3) is 0.0909. The predicted molar refractivity (Wildman–Crippen MR) is 57.9 cm³/mol. The first-order valence-electron chi connectivity index (χ1n) is 4.58. The molecule has 0 aliphatic heterocycles. The Morgan fingerprint density at radius 1 is 1.27 bits per heavy atom. The minimum Gasteiger partial charge on any atom is -0.368 e. The van der Waals surface area contributed by atoms with Gasteiger partial charge in [0, 0.05) is 11.6 Å². The van der Waals surface area contributed by atoms with Crippen molar-refractivity contribution in [3.63, 3.8) is 0 Å². The summed E-state index contributed by atoms with van der Waals surface area (Å²) in [5, 5.41) is 0.867. The van der Waals surface area contributed by atoms with E-state index in [1.165, 1.54) is 0 Å². The zero-order valence-corrected chi connectivity index (χ0v) is 8.05. The maximum absolute atomic E-state index is 11.0. The van der Waals surface area contributed by atoms with Crippen molar-refractivity contribution in [3.05, 3.63) is 42.1 Å². The smallest absolute Gasteiger partial charge is 0.238 e. The molecule has 1 aromatic carbocycles. The van der Waals surface area contributed by atoms with Crippen LogP contribution in [0.3, 0.4) is 0 Å². The summed E-state index contributed by atoms with van der Waals surface area (Å²) in [4.78, 5) is 15.2. The lowest BCUT2D eigenvalue weighted by molar-refractivity contribution is -0.119. The Hall–Kier alpha value is -1.94. The molecule has 76 valence electrons. The van der Waals surface area contributed by atoms with Crippen LogP contribution >= 0.6 is 0 Å². The van der Waals surface area contributed by atoms with Crippen LogP contribution in [0.25, 0.3) is 10.9 Å². The van der Waals surface area contributed by atoms with Crippen LogP contribution in [-0.2, 0) is 4.79 Å². The Bertz CT molecular complexity index is 505. The normalized spacial score (nSPS) is 12.6. The van der Waals surface area contributed by atoms with Gasteiger partial charge in [0.25, 0.3) is 0 Å². The number of nitrogens with zero attached hydrogens (tertiary/aromatic N) is 1. The van der Waals surface area contributed by atoms with Crippen LogP contribution in [0.15, 0.2) is 36.5 Å². The molecule has 0 bridgehead atoms. The topological polar surface area (TPSA) is 82.0 Å². The first-order valence-corrected chi connectivity index (χ1v) is 4.58. The molecule has 1 aromatic heterocycles. The van der Waals surface area contributed by atoms with Crippen LogP contribution in [0.5, 0.6) is 0 Å². The van der Waals surface area contributed by atoms with E-state index >= 15 is 0 Å². The number of nitrogens with two attached hydrogens (primary N) is 2. The zero-order chi connectivity index (χ0) is 10.8. The molecule has 2 rings (SSSR count). The fourth-order valence-electron chi connectivity index (χ4n) is 1.55. The van der Waals surface area contributed by atoms with E-state index in [4.69, 9.17) is 11.5 Å². The molecule has 4 heteroatoms. The van der Waals surface area contributed by atoms with Gasteiger partial charge in [0.2, 0.25) is 5.91 Å². The highest BCUT2D eigenvalue weighted by atomic mass is 16.1. The average molecular weight is 201 g/mol. The first kappa shape index (κ1) is 9.61. The molecule has 0 fully saturated rings. The van der Waals surface area contributed by atoms with Crippen molar-refractivity contribution in [1.82, 2.24) is 4.98 Å². The second-order valence-electron chi connectivity index (χ2n) is 3.30. The van der Waals surface area contributed by atoms with E-state index in [9.17, 15) is 4.79 Å². The van der Waals surface area contributed by atoms with Crippen LogP contribution in [-0.4, -0.2) is 10.9 Å². The van der Waals surface area contributed by atoms with Gasteiger partial charge >= 0.3 is 0 Å². The number of hydrogen-bond donors (Lipinski definition) is 2. The van der Waals surface area contributed by atoms with Crippen LogP contribution in [0, 0.1) is 0 Å². The molecular weight excluding hydrogens is 190 g/mol. The van der Waals surface area contributed by atoms with Gasteiger partial charge in [-0.05, 0) is 17.7 Å². The highest BCUT2D eigenvalue weighted by Gasteiger charge is 2.14. The summed E-state index contributed by atoms with van der Waals surface area (Å²) < 4.78 is 0. The first-order chi connectivity index (χ1) is 7.20. The largest absolute Gasteiger partial charge is 0.368 e. The van der Waals surface area contributed by atoms with Crippen LogP contribution in [0.4, 0.5) is 0 Å². The highest BCUT2D eigenvalue weighted by molar-refractivity contribution is 5.90. The molecule has 0 radical (unpaired) electrons. The minimum atomic E-state index is -0.780. The van der Waals surface area contributed by atoms with Gasteiger partial charge in [-0.3, -0.25) is 9.78 Å². The number of primary amides is 1. The van der Waals surface area contributed by atoms with Crippen molar-refractivity contribution in [2.24, 2.45) is 11.5 Å². The number of carbonyl (C=O) groups excluding carboxylic acids is 1. The third kappa shape index (κ3) is 1.67. The lowest BCUT2D eigenvalue weighted by Crippen LogP contribution is -2.28. The van der Waals surface area contributed by atoms with Gasteiger partial charge in [0.15, 0.2) is 0 Å². The SMILES string of the molecule is NC(=O)C(N)c1cccc2ncccc12. The summed E-state index contributed by atoms with van der Waals surface area (Å²) in [6.07, 6.45) is 1.70. The van der Waals surface area contributed by atoms with Gasteiger partial charge in [-0.15, -0.1) is 0 Å². The molecular formula is C11H11N3O. The molecule has 1 heterocycles. The monoisotopic (exact) mass is 201 g/mol. The number of hydrogen-bond acceptors (Lipinski definition) is 3. The van der Waals surface area contributed by atoms with Crippen molar-refractivity contribution in [3.8, 4) is 0 Å². The van der Waals surface area contributed by atoms with Gasteiger partial charge in [-0.25, -0.2) is 0 Å². The molecule has 4 N–H and O–H groups in total. The molecule has 1 unspecified atom stereocenters. The molecule has 0 aliphatic rings. The third-order valence-electron chi connectivity index (χ3n) is 2.32. The molecule has 15 heavy (non-hydrogen) atoms. The van der Waals surface area contributed by atoms with E-state index in [1.807, 2.05) is 18.2 Å². The van der Waals surface area contributed by atoms with E-state index in [-0.39, 0.29) is 0 Å². The molecule has 2 aromatic rings. The summed E-state index contributed by atoms with van der Waals surface area (Å²) in [6.45, 7) is 0. The van der Waals surface area contributed by atoms with Crippen molar-refractivity contribution >= 4 is 16.8 Å². The molecule has 0 saturated carbocycles. The summed E-state index contributed by atoms with van der Waals surface area (Å²) >= 11 is 0. The van der Waals surface area contributed by atoms with Gasteiger partial charge < -0.3 is 11.5 Å². The summed E-state index contributed by atoms with van der Waals surface area (Å²) in [6, 6.07) is 8.37. The van der Waals surface area contributed by atoms with E-state index in [0.717, 1.165) is 10.9 Å². The second-order valence-corrected chi connectivity index (χ2v) is 3.30. The summed E-state index contributed by atoms with van der Waals surface area (Å²) in [5.74, 6) is -0.536. The minimum absolute atomic E-state index is 0.536. The van der Waals surface area contributed by atoms with E-state index in [0.29, 0.717) is 5.56 Å². The van der Waals surface area contributed by atoms with Crippen LogP contribution < -0.4 is 11.5 Å². The number of aromatic nitrogens is 1. The molecule has 0 spiro atoms. The number of carbonyl (C=O) groups is 1. The fourth-order valence-corrected chi connectivity index (χ4v) is 1.55. The quantitative estimate of drug-likeness (QED) is 0.751. The van der Waals surface area contributed by atoms with Crippen molar-refractivity contribution in [1.29, 1.82) is 0 Å². The predicted octanol–water partition coefficient (Wildman–Crippen LogP) is 0.720. The number of amides is 1. The number of benzene rings is 1. The van der Waals surface area contributed by atoms with E-state index < -0.39 is 11.9 Å². The van der Waals surface area contributed by atoms with E-state index in [1.54, 1.807) is 18.3 Å². The molecule has 4 nitrogen and oxygen atoms in total. The van der Waals surface area contributed by atoms with Crippen molar-refractivity contribution < 1.29 is 4.79 Å². The standard InChI is InChI=1S/C11H11N3O/c12-10(11(13)15)8-3-1-5-9-7(8)4-2-6-14-9/h1-6,10H,12H2,(H2,13,15). The highest BCUT2D eigenvalue weighted by Crippen LogP contribution is 2.21. The Morgan fingerprint density at radius 3 is 2.80 bits per heavy atom. The lowest BCUT2D eigenvalue weighted by atomic mass is 10.0. The Labute approximate surface area is 86.9 Å². The average Bonchev–Trinajstić information content (AvgIpc) is 2.27. The Balaban J connectivity index is 2.65. The molecule has 1 atom stereocenters. The zero-order valence-electron chi connectivity index (χ0n) is 8.05. The maximum atomic E-state index is 11.0.